The molecule has 11 heterocycles. The van der Waals surface area contributed by atoms with Gasteiger partial charge in [0.15, 0.2) is 23.0 Å². The van der Waals surface area contributed by atoms with E-state index in [1.165, 1.54) is 46.7 Å². The Hall–Kier alpha value is -12.2. The number of nitrogens with zero attached hydrogens (tertiary/aromatic N) is 12. The molecule has 0 aromatic carbocycles. The van der Waals surface area contributed by atoms with Gasteiger partial charge in [-0.25, -0.2) is 78.5 Å². The number of ether oxygens (including phenoxy) is 6. The van der Waals surface area contributed by atoms with Gasteiger partial charge < -0.3 is 71.5 Å². The number of hydrogen-bond acceptors (Lipinski definition) is 33. The molecule has 0 aliphatic heterocycles. The Morgan fingerprint density at radius 1 is 0.349 bits per heavy atom. The minimum absolute atomic E-state index is 0.0602. The number of aryl methyl sites for hydroxylation is 3. The minimum Gasteiger partial charge on any atom is -0.476 e. The highest BCUT2D eigenvalue weighted by atomic mass is 79.9. The van der Waals surface area contributed by atoms with Crippen molar-refractivity contribution < 1.29 is 110 Å². The van der Waals surface area contributed by atoms with Crippen LogP contribution in [0.15, 0.2) is 193 Å². The van der Waals surface area contributed by atoms with Gasteiger partial charge in [0.05, 0.1) is 77.8 Å². The summed E-state index contributed by atoms with van der Waals surface area (Å²) in [6.45, 7) is 41.4. The van der Waals surface area contributed by atoms with Crippen molar-refractivity contribution in [2.75, 3.05) is 90.1 Å². The zero-order valence-electron chi connectivity index (χ0n) is 89.4. The molecule has 11 aromatic heterocycles. The lowest BCUT2D eigenvalue weighted by Gasteiger charge is -2.23. The van der Waals surface area contributed by atoms with E-state index in [1.54, 1.807) is 147 Å². The standard InChI is InChI=1S/2C18H25N3O3.C14H22BrN3O2.2C12H15BrN2O3.C9H11BrN2O2.C8H8BrNO2.C7H6BrNO2.C4H5BO3/c2*1-12(21(5)6)16-14(13-9-10-23-11-13)7-8-15(19-16)20-17(22)24-18(2,3)4;1-9(18(5)6)12-10(15)7-8-11(16-12)17-13(19)20-14(2,3)4;2*1-7(16)10-8(13)5-6-9(14-10)15-11(17)18-12(2,3)4;1-6-4-5-7(10)8(11-6)9(13)12(2)14-3;1-5-3-4-6(9)7(10-5)8(11)12-2;1-4-2-3-5(8)6(9-4)7(10)11;6-5(7)4-1-2-8-3-4/h2*7-12H,1-6H3,(H,19,20,22);7-9H,1-6H3,(H,16,17,19);2*5-6H,1-4H3,(H,14,15,17);4-5H,1-3H3;3-4H,1-2H3;2-3H,1H3,(H,10,11);1-3,6-7H. The maximum absolute atomic E-state index is 12.0. The molecule has 40 nitrogen and oxygen atoms in total. The number of carboxylic acids is 1. The summed E-state index contributed by atoms with van der Waals surface area (Å²) >= 11 is 19.5. The Labute approximate surface area is 919 Å². The normalized spacial score (nSPS) is 11.5. The van der Waals surface area contributed by atoms with E-state index in [1.807, 2.05) is 173 Å². The number of hydroxylamine groups is 2. The molecule has 0 radical (unpaired) electrons. The van der Waals surface area contributed by atoms with Gasteiger partial charge in [0, 0.05) is 102 Å². The van der Waals surface area contributed by atoms with E-state index in [-0.39, 0.29) is 64.3 Å². The number of nitrogens with one attached hydrogen (secondary N) is 5. The summed E-state index contributed by atoms with van der Waals surface area (Å²) in [6.07, 6.45) is 6.55. The van der Waals surface area contributed by atoms with Crippen LogP contribution in [-0.4, -0.2) is 233 Å². The third-order valence-corrected chi connectivity index (χ3v) is 22.4. The lowest BCUT2D eigenvalue weighted by Crippen LogP contribution is -2.27. The number of halogens is 6. The number of carbonyl (C=O) groups is 10. The number of hydrogen-bond donors (Lipinski definition) is 8. The Kier molecular flexibility index (Phi) is 53.8. The second-order valence-electron chi connectivity index (χ2n) is 37.6. The van der Waals surface area contributed by atoms with E-state index in [4.69, 9.17) is 52.5 Å². The van der Waals surface area contributed by atoms with Gasteiger partial charge in [-0.2, -0.15) is 0 Å². The van der Waals surface area contributed by atoms with Gasteiger partial charge in [0.1, 0.15) is 74.2 Å². The van der Waals surface area contributed by atoms with Crippen LogP contribution in [0.3, 0.4) is 0 Å². The van der Waals surface area contributed by atoms with Crippen molar-refractivity contribution in [3.63, 3.8) is 0 Å². The first-order chi connectivity index (χ1) is 68.9. The van der Waals surface area contributed by atoms with Crippen LogP contribution in [0.4, 0.5) is 53.1 Å². The first kappa shape index (κ1) is 131. The van der Waals surface area contributed by atoms with Crippen LogP contribution in [0.2, 0.25) is 0 Å². The predicted octanol–water partition coefficient (Wildman–Crippen LogP) is 23.8. The molecule has 0 aliphatic carbocycles. The molecular formula is C102H132BBr6N17O23. The number of esters is 1. The summed E-state index contributed by atoms with van der Waals surface area (Å²) in [5.41, 5.74) is 7.56. The molecule has 149 heavy (non-hydrogen) atoms. The second-order valence-corrected chi connectivity index (χ2v) is 42.8. The zero-order valence-corrected chi connectivity index (χ0v) is 98.9. The number of pyridine rings is 8. The molecule has 3 atom stereocenters. The van der Waals surface area contributed by atoms with E-state index in [0.29, 0.717) is 62.4 Å². The summed E-state index contributed by atoms with van der Waals surface area (Å²) in [4.78, 5) is 159. The molecule has 3 unspecified atom stereocenters. The second kappa shape index (κ2) is 61.2. The monoisotopic (exact) mass is 2450 g/mol. The van der Waals surface area contributed by atoms with E-state index in [2.05, 4.69) is 195 Å². The number of carboxylic acid groups (broad SMARTS) is 1. The number of methoxy groups -OCH3 is 1. The number of furan rings is 3. The maximum atomic E-state index is 12.0. The molecule has 8 N–H and O–H groups in total. The zero-order chi connectivity index (χ0) is 113. The number of ketones is 2. The lowest BCUT2D eigenvalue weighted by molar-refractivity contribution is -0.0761. The number of rotatable bonds is 20. The van der Waals surface area contributed by atoms with Gasteiger partial charge in [-0.15, -0.1) is 0 Å². The molecule has 47 heteroatoms. The summed E-state index contributed by atoms with van der Waals surface area (Å²) in [5, 5.41) is 39.5. The van der Waals surface area contributed by atoms with E-state index >= 15 is 0 Å². The van der Waals surface area contributed by atoms with Crippen LogP contribution in [-0.2, 0) is 33.3 Å². The number of aromatic nitrogens is 8. The molecule has 0 fully saturated rings. The fraction of sp³-hybridized carbons (Fsp3) is 0.392. The quantitative estimate of drug-likeness (QED) is 0.0115. The van der Waals surface area contributed by atoms with Crippen LogP contribution in [0.5, 0.6) is 0 Å². The molecule has 6 amide bonds. The van der Waals surface area contributed by atoms with Gasteiger partial charge in [-0.3, -0.25) is 45.8 Å². The van der Waals surface area contributed by atoms with Crippen molar-refractivity contribution in [2.45, 2.75) is 205 Å². The first-order valence-corrected chi connectivity index (χ1v) is 50.2. The van der Waals surface area contributed by atoms with Crippen molar-refractivity contribution >= 4 is 197 Å². The Bertz CT molecular complexity index is 6040. The average molecular weight is 2450 g/mol. The Balaban J connectivity index is 0.000000437. The largest absolute Gasteiger partial charge is 0.491 e. The molecule has 808 valence electrons. The van der Waals surface area contributed by atoms with Gasteiger partial charge in [0.25, 0.3) is 5.91 Å². The SMILES string of the molecule is CC(=O)c1nc(NC(=O)OC(C)(C)C)ccc1Br.CC(=O)c1nc(NC(=O)OC(C)(C)C)ccc1Br.CC(c1nc(NC(=O)OC(C)(C)C)ccc1-c1ccoc1)N(C)C.CC(c1nc(NC(=O)OC(C)(C)C)ccc1-c1ccoc1)N(C)C.CC(c1nc(NC(=O)OC(C)(C)C)ccc1Br)N(C)C.COC(=O)c1nc(C)ccc1Br.CON(C)C(=O)c1nc(C)ccc1Br.Cc1ccc(Br)c(C(=O)O)n1.OB(O)c1ccoc1. The van der Waals surface area contributed by atoms with Gasteiger partial charge >= 0.3 is 49.5 Å². The minimum atomic E-state index is -1.41. The smallest absolute Gasteiger partial charge is 0.476 e. The number of amides is 6. The molecule has 0 bridgehead atoms. The molecule has 11 rings (SSSR count). The van der Waals surface area contributed by atoms with Crippen LogP contribution in [0, 0.1) is 20.8 Å². The highest BCUT2D eigenvalue weighted by Gasteiger charge is 2.28. The third kappa shape index (κ3) is 49.4. The highest BCUT2D eigenvalue weighted by molar-refractivity contribution is 9.11. The fourth-order valence-electron chi connectivity index (χ4n) is 11.0. The third-order valence-electron chi connectivity index (χ3n) is 18.5. The average Bonchev–Trinajstić information content (AvgIpc) is 1.80. The van der Waals surface area contributed by atoms with E-state index < -0.39 is 77.5 Å². The maximum Gasteiger partial charge on any atom is 0.491 e. The molecular weight excluding hydrogens is 2320 g/mol. The van der Waals surface area contributed by atoms with Gasteiger partial charge in [0.2, 0.25) is 0 Å². The Morgan fingerprint density at radius 3 is 0.886 bits per heavy atom. The summed E-state index contributed by atoms with van der Waals surface area (Å²) in [5.74, 6) is -0.138. The first-order valence-electron chi connectivity index (χ1n) is 45.4. The molecule has 11 aromatic rings. The topological polar surface area (TPSA) is 512 Å². The molecule has 0 saturated carbocycles. The van der Waals surface area contributed by atoms with Crippen LogP contribution < -0.4 is 32.0 Å². The summed E-state index contributed by atoms with van der Waals surface area (Å²) < 4.78 is 49.3. The highest BCUT2D eigenvalue weighted by Crippen LogP contribution is 2.35. The van der Waals surface area contributed by atoms with E-state index in [9.17, 15) is 47.9 Å². The van der Waals surface area contributed by atoms with Crippen LogP contribution in [0.1, 0.15) is 243 Å². The predicted molar refractivity (Wildman–Crippen MR) is 591 cm³/mol. The van der Waals surface area contributed by atoms with Gasteiger partial charge in [-0.05, 0) is 399 Å². The number of aromatic carboxylic acids is 1. The van der Waals surface area contributed by atoms with Crippen LogP contribution in [0.25, 0.3) is 22.3 Å². The van der Waals surface area contributed by atoms with Crippen molar-refractivity contribution in [2.24, 2.45) is 0 Å². The summed E-state index contributed by atoms with van der Waals surface area (Å²) in [6, 6.07) is 33.6. The molecule has 0 spiro atoms. The lowest BCUT2D eigenvalue weighted by atomic mass is 9.83. The number of carbonyl (C=O) groups excluding carboxylic acids is 9. The fourth-order valence-corrected chi connectivity index (χ4v) is 13.7. The van der Waals surface area contributed by atoms with Crippen molar-refractivity contribution in [3.05, 3.63) is 242 Å². The van der Waals surface area contributed by atoms with Crippen molar-refractivity contribution in [1.82, 2.24) is 59.6 Å². The summed E-state index contributed by atoms with van der Waals surface area (Å²) in [7, 11) is 14.8. The van der Waals surface area contributed by atoms with Crippen LogP contribution >= 0.6 is 95.6 Å². The Morgan fingerprint density at radius 2 is 0.617 bits per heavy atom. The number of Topliss-reactive ketones (excluding diaryl/α,β-unsaturated/α-hetero) is 2. The molecule has 0 saturated heterocycles. The molecule has 0 aliphatic rings. The van der Waals surface area contributed by atoms with Gasteiger partial charge in [-0.1, -0.05) is 0 Å². The van der Waals surface area contributed by atoms with E-state index in [0.717, 1.165) is 60.3 Å². The number of anilines is 5. The van der Waals surface area contributed by atoms with Crippen molar-refractivity contribution in [3.8, 4) is 22.3 Å². The van der Waals surface area contributed by atoms with Crippen molar-refractivity contribution in [1.29, 1.82) is 0 Å².